The van der Waals surface area contributed by atoms with Crippen molar-refractivity contribution >= 4 is 11.4 Å². The molecule has 0 aromatic heterocycles. The molecule has 0 radical (unpaired) electrons. The van der Waals surface area contributed by atoms with Gasteiger partial charge in [-0.05, 0) is 84.9 Å². The summed E-state index contributed by atoms with van der Waals surface area (Å²) < 4.78 is 5.51. The maximum atomic E-state index is 5.51. The third kappa shape index (κ3) is 3.00. The molecule has 3 atom stereocenters. The number of nitrogens with one attached hydrogen (secondary N) is 1. The van der Waals surface area contributed by atoms with Crippen molar-refractivity contribution in [2.24, 2.45) is 11.8 Å². The minimum Gasteiger partial charge on any atom is -0.495 e. The van der Waals surface area contributed by atoms with Gasteiger partial charge in [-0.2, -0.15) is 0 Å². The van der Waals surface area contributed by atoms with E-state index in [1.165, 1.54) is 38.8 Å². The highest BCUT2D eigenvalue weighted by Gasteiger charge is 2.49. The van der Waals surface area contributed by atoms with Crippen LogP contribution in [0.1, 0.15) is 44.2 Å². The smallest absolute Gasteiger partial charge is 0.142 e. The monoisotopic (exact) mass is 376 g/mol. The van der Waals surface area contributed by atoms with Gasteiger partial charge in [-0.25, -0.2) is 0 Å². The van der Waals surface area contributed by atoms with Crippen LogP contribution in [0.3, 0.4) is 0 Å². The molecule has 0 amide bonds. The normalized spacial score (nSPS) is 29.2. The number of ether oxygens (including phenoxy) is 1. The number of para-hydroxylation sites is 2. The van der Waals surface area contributed by atoms with Crippen LogP contribution in [0.2, 0.25) is 0 Å². The van der Waals surface area contributed by atoms with E-state index < -0.39 is 0 Å². The molecule has 1 saturated carbocycles. The highest BCUT2D eigenvalue weighted by atomic mass is 16.5. The lowest BCUT2D eigenvalue weighted by atomic mass is 9.59. The largest absolute Gasteiger partial charge is 0.495 e. The Morgan fingerprint density at radius 3 is 2.79 bits per heavy atom. The maximum Gasteiger partial charge on any atom is 0.142 e. The van der Waals surface area contributed by atoms with E-state index in [1.54, 1.807) is 18.2 Å². The van der Waals surface area contributed by atoms with E-state index in [0.717, 1.165) is 23.0 Å². The van der Waals surface area contributed by atoms with Crippen LogP contribution < -0.4 is 10.1 Å². The maximum absolute atomic E-state index is 5.51. The summed E-state index contributed by atoms with van der Waals surface area (Å²) in [4.78, 5) is 2.81. The molecule has 0 spiro atoms. The summed E-state index contributed by atoms with van der Waals surface area (Å²) in [5.41, 5.74) is 5.57. The Balaban J connectivity index is 1.45. The van der Waals surface area contributed by atoms with E-state index in [1.807, 2.05) is 18.2 Å². The third-order valence-corrected chi connectivity index (χ3v) is 7.70. The summed E-state index contributed by atoms with van der Waals surface area (Å²) in [6, 6.07) is 15.9. The topological polar surface area (TPSA) is 24.5 Å². The molecule has 2 fully saturated rings. The number of fused-ring (bicyclic) bond motifs is 4. The van der Waals surface area contributed by atoms with Gasteiger partial charge in [0.05, 0.1) is 12.8 Å². The van der Waals surface area contributed by atoms with Crippen LogP contribution >= 0.6 is 0 Å². The molecule has 28 heavy (non-hydrogen) atoms. The standard InChI is InChI=1S/C25H32N2O/c1-17-23-14-19-10-11-20(26-22-6-4-5-7-24(22)28-3)15-21(19)25(17,2)12-13-27(23)16-18-8-9-18/h4-7,10-11,15,17-18,23,26H,8-9,12-14,16H2,1-3H3/t17-,23+,25+/m0/s1. The van der Waals surface area contributed by atoms with Crippen molar-refractivity contribution in [1.29, 1.82) is 0 Å². The molecule has 2 aromatic carbocycles. The summed E-state index contributed by atoms with van der Waals surface area (Å²) in [7, 11) is 1.73. The second-order valence-electron chi connectivity index (χ2n) is 9.36. The van der Waals surface area contributed by atoms with Crippen molar-refractivity contribution in [2.45, 2.75) is 51.0 Å². The molecule has 3 heteroatoms. The van der Waals surface area contributed by atoms with Crippen molar-refractivity contribution in [3.05, 3.63) is 53.6 Å². The fourth-order valence-electron chi connectivity index (χ4n) is 5.55. The minimum absolute atomic E-state index is 0.275. The van der Waals surface area contributed by atoms with Crippen LogP contribution in [-0.2, 0) is 11.8 Å². The Morgan fingerprint density at radius 2 is 2.00 bits per heavy atom. The molecular weight excluding hydrogens is 344 g/mol. The summed E-state index contributed by atoms with van der Waals surface area (Å²) in [6.07, 6.45) is 5.36. The summed E-state index contributed by atoms with van der Waals surface area (Å²) in [5.74, 6) is 2.56. The molecule has 1 aliphatic heterocycles. The Kier molecular flexibility index (Phi) is 4.39. The molecule has 0 unspecified atom stereocenters. The van der Waals surface area contributed by atoms with Gasteiger partial charge in [-0.15, -0.1) is 0 Å². The molecule has 3 nitrogen and oxygen atoms in total. The number of piperidine rings is 1. The SMILES string of the molecule is COc1ccccc1Nc1ccc2c(c1)[C@]1(C)CCN(CC3CC3)[C@H](C2)[C@@H]1C. The lowest BCUT2D eigenvalue weighted by Gasteiger charge is -2.55. The average Bonchev–Trinajstić information content (AvgIpc) is 3.52. The van der Waals surface area contributed by atoms with E-state index in [0.29, 0.717) is 12.0 Å². The van der Waals surface area contributed by atoms with Crippen LogP contribution in [0.4, 0.5) is 11.4 Å². The molecule has 1 N–H and O–H groups in total. The number of methoxy groups -OCH3 is 1. The Labute approximate surface area is 169 Å². The zero-order valence-corrected chi connectivity index (χ0v) is 17.4. The van der Waals surface area contributed by atoms with Crippen molar-refractivity contribution in [3.8, 4) is 5.75 Å². The van der Waals surface area contributed by atoms with Crippen LogP contribution in [-0.4, -0.2) is 31.1 Å². The molecule has 1 heterocycles. The molecule has 2 bridgehead atoms. The molecule has 2 aliphatic carbocycles. The van der Waals surface area contributed by atoms with Gasteiger partial charge < -0.3 is 10.1 Å². The summed E-state index contributed by atoms with van der Waals surface area (Å²) in [5, 5.41) is 3.59. The van der Waals surface area contributed by atoms with Gasteiger partial charge in [-0.3, -0.25) is 4.90 Å². The predicted molar refractivity (Wildman–Crippen MR) is 116 cm³/mol. The average molecular weight is 377 g/mol. The highest BCUT2D eigenvalue weighted by Crippen LogP contribution is 2.50. The van der Waals surface area contributed by atoms with Crippen molar-refractivity contribution in [3.63, 3.8) is 0 Å². The van der Waals surface area contributed by atoms with E-state index in [4.69, 9.17) is 4.74 Å². The lowest BCUT2D eigenvalue weighted by Crippen LogP contribution is -2.58. The summed E-state index contributed by atoms with van der Waals surface area (Å²) >= 11 is 0. The highest BCUT2D eigenvalue weighted by molar-refractivity contribution is 5.67. The first-order chi connectivity index (χ1) is 13.6. The van der Waals surface area contributed by atoms with Crippen molar-refractivity contribution in [2.75, 3.05) is 25.5 Å². The number of anilines is 2. The molecule has 148 valence electrons. The molecule has 5 rings (SSSR count). The van der Waals surface area contributed by atoms with Crippen LogP contribution in [0, 0.1) is 11.8 Å². The Hall–Kier alpha value is -2.00. The lowest BCUT2D eigenvalue weighted by molar-refractivity contribution is 0.0284. The predicted octanol–water partition coefficient (Wildman–Crippen LogP) is 5.37. The number of nitrogens with zero attached hydrogens (tertiary/aromatic N) is 1. The first-order valence-corrected chi connectivity index (χ1v) is 10.9. The van der Waals surface area contributed by atoms with Gasteiger partial charge in [0, 0.05) is 18.3 Å². The van der Waals surface area contributed by atoms with Crippen molar-refractivity contribution in [1.82, 2.24) is 4.90 Å². The Bertz CT molecular complexity index is 875. The molecular formula is C25H32N2O. The number of benzene rings is 2. The van der Waals surface area contributed by atoms with E-state index in [2.05, 4.69) is 48.3 Å². The number of hydrogen-bond acceptors (Lipinski definition) is 3. The quantitative estimate of drug-likeness (QED) is 0.759. The van der Waals surface area contributed by atoms with Gasteiger partial charge in [0.2, 0.25) is 0 Å². The van der Waals surface area contributed by atoms with Gasteiger partial charge >= 0.3 is 0 Å². The summed E-state index contributed by atoms with van der Waals surface area (Å²) in [6.45, 7) is 7.58. The van der Waals surface area contributed by atoms with Gasteiger partial charge in [0.1, 0.15) is 5.75 Å². The number of rotatable bonds is 5. The molecule has 2 aromatic rings. The van der Waals surface area contributed by atoms with Crippen LogP contribution in [0.5, 0.6) is 5.75 Å². The second kappa shape index (κ2) is 6.81. The second-order valence-corrected chi connectivity index (χ2v) is 9.36. The van der Waals surface area contributed by atoms with Gasteiger partial charge in [0.25, 0.3) is 0 Å². The zero-order chi connectivity index (χ0) is 19.3. The van der Waals surface area contributed by atoms with Crippen molar-refractivity contribution < 1.29 is 4.74 Å². The first-order valence-electron chi connectivity index (χ1n) is 10.9. The first kappa shape index (κ1) is 18.1. The Morgan fingerprint density at radius 1 is 1.18 bits per heavy atom. The fourth-order valence-corrected chi connectivity index (χ4v) is 5.55. The third-order valence-electron chi connectivity index (χ3n) is 7.70. The molecule has 3 aliphatic rings. The van der Waals surface area contributed by atoms with Crippen LogP contribution in [0.25, 0.3) is 0 Å². The van der Waals surface area contributed by atoms with E-state index in [-0.39, 0.29) is 5.41 Å². The number of likely N-dealkylation sites (tertiary alicyclic amines) is 1. The van der Waals surface area contributed by atoms with E-state index in [9.17, 15) is 0 Å². The fraction of sp³-hybridized carbons (Fsp3) is 0.520. The molecule has 1 saturated heterocycles. The van der Waals surface area contributed by atoms with Gasteiger partial charge in [0.15, 0.2) is 0 Å². The minimum atomic E-state index is 0.275. The van der Waals surface area contributed by atoms with Gasteiger partial charge in [-0.1, -0.05) is 32.0 Å². The number of hydrogen-bond donors (Lipinski definition) is 1. The van der Waals surface area contributed by atoms with Crippen LogP contribution in [0.15, 0.2) is 42.5 Å². The van der Waals surface area contributed by atoms with E-state index >= 15 is 0 Å². The zero-order valence-electron chi connectivity index (χ0n) is 17.4.